The molecule has 0 aromatic rings. The zero-order valence-corrected chi connectivity index (χ0v) is 23.9. The largest absolute Gasteiger partial charge is 0.455 e. The zero-order chi connectivity index (χ0) is 26.3. The van der Waals surface area contributed by atoms with Crippen molar-refractivity contribution in [2.45, 2.75) is 78.8 Å². The third-order valence-corrected chi connectivity index (χ3v) is 13.0. The second kappa shape index (κ2) is 12.5. The molecule has 5 nitrogen and oxygen atoms in total. The molecule has 0 N–H and O–H groups in total. The summed E-state index contributed by atoms with van der Waals surface area (Å²) in [6.07, 6.45) is 0.790. The fraction of sp³-hybridized carbons (Fsp3) is 0.538. The van der Waals surface area contributed by atoms with Crippen molar-refractivity contribution in [3.05, 3.63) is 48.6 Å². The Morgan fingerprint density at radius 1 is 0.576 bits per heavy atom. The lowest BCUT2D eigenvalue weighted by molar-refractivity contribution is -0.130. The highest BCUT2D eigenvalue weighted by molar-refractivity contribution is 6.84. The third-order valence-electron chi connectivity index (χ3n) is 5.57. The van der Waals surface area contributed by atoms with Crippen molar-refractivity contribution in [2.24, 2.45) is 11.8 Å². The molecule has 0 aliphatic heterocycles. The number of carbonyl (C=O) groups excluding carboxylic acids is 4. The number of Topliss-reactive ketones (excluding diaryl/α,β-unsaturated/α-hetero) is 4. The average Bonchev–Trinajstić information content (AvgIpc) is 2.65. The Morgan fingerprint density at radius 2 is 0.788 bits per heavy atom. The first kappa shape index (κ1) is 31.0. The standard InChI is InChI=1S/C26H42O5Si2/c1-17(2)23(27)21(24(28)18(3)4)13-15-32(9,10)31-33(11,12)16-14-22(25(29)19(5)6)26(30)20(7)8/h21-22H,1,3,5,7,13-16H2,2,4,6,8-12H3. The first-order chi connectivity index (χ1) is 14.8. The van der Waals surface area contributed by atoms with Crippen molar-refractivity contribution in [3.8, 4) is 0 Å². The van der Waals surface area contributed by atoms with E-state index in [2.05, 4.69) is 52.5 Å². The summed E-state index contributed by atoms with van der Waals surface area (Å²) in [5.41, 5.74) is 1.44. The fourth-order valence-corrected chi connectivity index (χ4v) is 12.6. The van der Waals surface area contributed by atoms with Crippen molar-refractivity contribution in [1.82, 2.24) is 0 Å². The normalized spacial score (nSPS) is 11.9. The van der Waals surface area contributed by atoms with Gasteiger partial charge in [0.15, 0.2) is 39.8 Å². The van der Waals surface area contributed by atoms with Crippen LogP contribution in [0.25, 0.3) is 0 Å². The quantitative estimate of drug-likeness (QED) is 0.150. The van der Waals surface area contributed by atoms with Crippen LogP contribution in [0.1, 0.15) is 40.5 Å². The lowest BCUT2D eigenvalue weighted by Crippen LogP contribution is -2.45. The minimum atomic E-state index is -2.24. The number of hydrogen-bond acceptors (Lipinski definition) is 5. The molecule has 0 unspecified atom stereocenters. The molecule has 0 saturated heterocycles. The maximum Gasteiger partial charge on any atom is 0.173 e. The van der Waals surface area contributed by atoms with Gasteiger partial charge in [0.2, 0.25) is 0 Å². The smallest absolute Gasteiger partial charge is 0.173 e. The first-order valence-electron chi connectivity index (χ1n) is 11.3. The molecule has 0 aromatic carbocycles. The van der Waals surface area contributed by atoms with Gasteiger partial charge >= 0.3 is 0 Å². The predicted molar refractivity (Wildman–Crippen MR) is 141 cm³/mol. The monoisotopic (exact) mass is 490 g/mol. The molecule has 0 aliphatic rings. The van der Waals surface area contributed by atoms with Crippen molar-refractivity contribution in [2.75, 3.05) is 0 Å². The number of hydrogen-bond donors (Lipinski definition) is 0. The molecule has 0 heterocycles. The summed E-state index contributed by atoms with van der Waals surface area (Å²) in [4.78, 5) is 50.2. The van der Waals surface area contributed by atoms with Gasteiger partial charge in [-0.2, -0.15) is 0 Å². The van der Waals surface area contributed by atoms with E-state index in [4.69, 9.17) is 4.12 Å². The van der Waals surface area contributed by atoms with Crippen LogP contribution in [-0.4, -0.2) is 39.8 Å². The van der Waals surface area contributed by atoms with Crippen LogP contribution in [0.3, 0.4) is 0 Å². The topological polar surface area (TPSA) is 77.5 Å². The molecular weight excluding hydrogens is 448 g/mol. The lowest BCUT2D eigenvalue weighted by Gasteiger charge is -2.35. The Morgan fingerprint density at radius 3 is 0.970 bits per heavy atom. The van der Waals surface area contributed by atoms with Crippen LogP contribution in [0.15, 0.2) is 48.6 Å². The van der Waals surface area contributed by atoms with E-state index in [-0.39, 0.29) is 23.1 Å². The summed E-state index contributed by atoms with van der Waals surface area (Å²) in [5.74, 6) is -2.53. The van der Waals surface area contributed by atoms with Crippen LogP contribution < -0.4 is 0 Å². The van der Waals surface area contributed by atoms with E-state index >= 15 is 0 Å². The molecular formula is C26H42O5Si2. The van der Waals surface area contributed by atoms with Gasteiger partial charge < -0.3 is 4.12 Å². The van der Waals surface area contributed by atoms with Crippen molar-refractivity contribution in [1.29, 1.82) is 0 Å². The molecule has 0 atom stereocenters. The molecule has 0 spiro atoms. The lowest BCUT2D eigenvalue weighted by atomic mass is 9.89. The van der Waals surface area contributed by atoms with Gasteiger partial charge in [-0.05, 0) is 101 Å². The predicted octanol–water partition coefficient (Wildman–Crippen LogP) is 6.01. The SMILES string of the molecule is C=C(C)C(=O)C(CC[Si](C)(C)O[Si](C)(C)CCC(C(=O)C(=C)C)C(=O)C(=C)C)C(=O)C(=C)C. The molecule has 0 aliphatic carbocycles. The van der Waals surface area contributed by atoms with Gasteiger partial charge in [-0.1, -0.05) is 26.3 Å². The second-order valence-corrected chi connectivity index (χ2v) is 19.2. The van der Waals surface area contributed by atoms with E-state index in [1.807, 2.05) is 0 Å². The second-order valence-electron chi connectivity index (χ2n) is 10.4. The number of rotatable bonds is 16. The molecule has 0 aromatic heterocycles. The molecule has 0 bridgehead atoms. The van der Waals surface area contributed by atoms with Gasteiger partial charge in [-0.15, -0.1) is 0 Å². The Balaban J connectivity index is 5.39. The molecule has 184 valence electrons. The first-order valence-corrected chi connectivity index (χ1v) is 17.5. The Labute approximate surface area is 202 Å². The molecule has 0 amide bonds. The highest BCUT2D eigenvalue weighted by Gasteiger charge is 2.37. The molecule has 33 heavy (non-hydrogen) atoms. The van der Waals surface area contributed by atoms with Crippen LogP contribution in [0.5, 0.6) is 0 Å². The number of ketones is 4. The molecule has 0 rings (SSSR count). The molecule has 0 radical (unpaired) electrons. The van der Waals surface area contributed by atoms with Crippen molar-refractivity contribution in [3.63, 3.8) is 0 Å². The van der Waals surface area contributed by atoms with E-state index < -0.39 is 28.5 Å². The fourth-order valence-electron chi connectivity index (χ4n) is 3.79. The van der Waals surface area contributed by atoms with Crippen molar-refractivity contribution < 1.29 is 23.3 Å². The van der Waals surface area contributed by atoms with Gasteiger partial charge in [0.1, 0.15) is 0 Å². The average molecular weight is 491 g/mol. The van der Waals surface area contributed by atoms with E-state index in [0.29, 0.717) is 47.2 Å². The van der Waals surface area contributed by atoms with E-state index in [1.165, 1.54) is 0 Å². The van der Waals surface area contributed by atoms with E-state index in [9.17, 15) is 19.2 Å². The summed E-state index contributed by atoms with van der Waals surface area (Å²) in [7, 11) is -4.48. The van der Waals surface area contributed by atoms with E-state index in [1.54, 1.807) is 27.7 Å². The minimum absolute atomic E-state index is 0.247. The summed E-state index contributed by atoms with van der Waals surface area (Å²) >= 11 is 0. The Hall–Kier alpha value is -1.97. The van der Waals surface area contributed by atoms with Gasteiger partial charge in [-0.3, -0.25) is 19.2 Å². The summed E-state index contributed by atoms with van der Waals surface area (Å²) in [6.45, 7) is 29.6. The maximum atomic E-state index is 12.5. The molecule has 0 saturated carbocycles. The van der Waals surface area contributed by atoms with Crippen LogP contribution in [-0.2, 0) is 23.3 Å². The van der Waals surface area contributed by atoms with Gasteiger partial charge in [0, 0.05) is 0 Å². The van der Waals surface area contributed by atoms with Crippen LogP contribution in [0.2, 0.25) is 38.3 Å². The number of carbonyl (C=O) groups is 4. The van der Waals surface area contributed by atoms with Gasteiger partial charge in [-0.25, -0.2) is 0 Å². The highest BCUT2D eigenvalue weighted by atomic mass is 28.4. The Kier molecular flexibility index (Phi) is 11.7. The minimum Gasteiger partial charge on any atom is -0.455 e. The van der Waals surface area contributed by atoms with Crippen LogP contribution >= 0.6 is 0 Å². The molecule has 7 heteroatoms. The zero-order valence-electron chi connectivity index (χ0n) is 21.9. The van der Waals surface area contributed by atoms with Gasteiger partial charge in [0.05, 0.1) is 11.8 Å². The van der Waals surface area contributed by atoms with Crippen molar-refractivity contribution >= 4 is 39.8 Å². The summed E-state index contributed by atoms with van der Waals surface area (Å²) in [5, 5.41) is 0. The molecule has 0 fully saturated rings. The van der Waals surface area contributed by atoms with Crippen LogP contribution in [0, 0.1) is 11.8 Å². The maximum absolute atomic E-state index is 12.5. The summed E-state index contributed by atoms with van der Waals surface area (Å²) < 4.78 is 6.63. The van der Waals surface area contributed by atoms with E-state index in [0.717, 1.165) is 0 Å². The van der Waals surface area contributed by atoms with Gasteiger partial charge in [0.25, 0.3) is 0 Å². The Bertz CT molecular complexity index is 742. The number of allylic oxidation sites excluding steroid dienone is 4. The highest BCUT2D eigenvalue weighted by Crippen LogP contribution is 2.29. The third kappa shape index (κ3) is 10.2. The van der Waals surface area contributed by atoms with Crippen LogP contribution in [0.4, 0.5) is 0 Å². The summed E-state index contributed by atoms with van der Waals surface area (Å²) in [6, 6.07) is 1.26.